The molecule has 9 amide bonds. The molecule has 1 aliphatic heterocycles. The number of nitrogens with zero attached hydrogens (tertiary/aromatic N) is 1. The van der Waals surface area contributed by atoms with Gasteiger partial charge in [0, 0.05) is 68.1 Å². The first-order chi connectivity index (χ1) is 29.7. The van der Waals surface area contributed by atoms with E-state index in [4.69, 9.17) is 5.73 Å². The molecule has 2 aromatic heterocycles. The number of amides is 9. The number of para-hydroxylation sites is 1. The molecule has 0 unspecified atom stereocenters. The molecule has 1 saturated heterocycles. The number of aromatic amines is 2. The molecule has 0 spiro atoms. The molecule has 2 aromatic carbocycles. The fourth-order valence-corrected chi connectivity index (χ4v) is 6.69. The smallest absolute Gasteiger partial charge is 0.243 e. The fraction of sp³-hybridized carbons (Fsp3) is 0.366. The highest BCUT2D eigenvalue weighted by Crippen LogP contribution is 2.19. The minimum Gasteiger partial charge on any atom is -0.368 e. The van der Waals surface area contributed by atoms with Crippen LogP contribution in [0.1, 0.15) is 43.0 Å². The molecule has 21 nitrogen and oxygen atoms in total. The number of rotatable bonds is 12. The van der Waals surface area contributed by atoms with Gasteiger partial charge in [0.25, 0.3) is 0 Å². The van der Waals surface area contributed by atoms with Gasteiger partial charge in [-0.05, 0) is 30.0 Å². The van der Waals surface area contributed by atoms with Crippen LogP contribution in [0.15, 0.2) is 73.3 Å². The summed E-state index contributed by atoms with van der Waals surface area (Å²) in [4.78, 5) is 129. The lowest BCUT2D eigenvalue weighted by Crippen LogP contribution is -2.58. The van der Waals surface area contributed by atoms with E-state index in [1.54, 1.807) is 36.5 Å². The molecule has 5 atom stereocenters. The highest BCUT2D eigenvalue weighted by molar-refractivity contribution is 5.97. The van der Waals surface area contributed by atoms with Gasteiger partial charge in [0.2, 0.25) is 53.2 Å². The quantitative estimate of drug-likeness (QED) is 0.0705. The number of fused-ring (bicyclic) bond motifs is 1. The molecule has 21 heteroatoms. The number of hydrogen-bond donors (Lipinski definition) is 11. The molecule has 328 valence electrons. The fourth-order valence-electron chi connectivity index (χ4n) is 6.69. The molecule has 1 fully saturated rings. The van der Waals surface area contributed by atoms with E-state index in [2.05, 4.69) is 57.5 Å². The number of primary amides is 1. The summed E-state index contributed by atoms with van der Waals surface area (Å²) in [5.41, 5.74) is 8.30. The SMILES string of the molecule is CC(=O)NCC(=O)N[C@H]1CCC(=O)NCC[C@@H](C(=O)N[C@@H](Cc2c[nH]c3ccccc23)C(N)=O)NC(=O)CNC(=O)[C@@H](Cc2ccccc2)NC(=O)[C@H](Cc2cnc[nH]2)NC1=O. The van der Waals surface area contributed by atoms with Crippen LogP contribution in [0.4, 0.5) is 0 Å². The Balaban J connectivity index is 1.40. The van der Waals surface area contributed by atoms with Crippen molar-refractivity contribution in [3.05, 3.63) is 90.1 Å². The van der Waals surface area contributed by atoms with Gasteiger partial charge in [-0.2, -0.15) is 0 Å². The van der Waals surface area contributed by atoms with E-state index in [1.165, 1.54) is 19.4 Å². The van der Waals surface area contributed by atoms with Gasteiger partial charge >= 0.3 is 0 Å². The molecular weight excluding hydrogens is 805 g/mol. The van der Waals surface area contributed by atoms with Crippen molar-refractivity contribution in [2.75, 3.05) is 19.6 Å². The zero-order valence-electron chi connectivity index (χ0n) is 33.9. The maximum atomic E-state index is 14.0. The predicted octanol–water partition coefficient (Wildman–Crippen LogP) is -2.62. The Bertz CT molecular complexity index is 2250. The highest BCUT2D eigenvalue weighted by Gasteiger charge is 2.32. The number of hydrogen-bond acceptors (Lipinski definition) is 10. The normalized spacial score (nSPS) is 20.0. The topological polar surface area (TPSA) is 320 Å². The third kappa shape index (κ3) is 13.7. The molecule has 62 heavy (non-hydrogen) atoms. The van der Waals surface area contributed by atoms with Gasteiger partial charge in [-0.15, -0.1) is 0 Å². The first-order valence-electron chi connectivity index (χ1n) is 19.9. The number of aromatic nitrogens is 3. The minimum atomic E-state index is -1.38. The number of nitrogens with two attached hydrogens (primary N) is 1. The van der Waals surface area contributed by atoms with Gasteiger partial charge < -0.3 is 58.2 Å². The third-order valence-corrected chi connectivity index (χ3v) is 9.93. The molecule has 12 N–H and O–H groups in total. The zero-order valence-corrected chi connectivity index (χ0v) is 33.9. The van der Waals surface area contributed by atoms with E-state index in [-0.39, 0.29) is 45.1 Å². The lowest BCUT2D eigenvalue weighted by Gasteiger charge is -2.25. The summed E-state index contributed by atoms with van der Waals surface area (Å²) in [6, 6.07) is 9.49. The van der Waals surface area contributed by atoms with E-state index in [9.17, 15) is 43.2 Å². The van der Waals surface area contributed by atoms with Crippen LogP contribution in [0.3, 0.4) is 0 Å². The van der Waals surface area contributed by atoms with Gasteiger partial charge in [0.1, 0.15) is 30.2 Å². The third-order valence-electron chi connectivity index (χ3n) is 9.93. The Morgan fingerprint density at radius 1 is 0.823 bits per heavy atom. The van der Waals surface area contributed by atoms with Crippen molar-refractivity contribution in [1.82, 2.24) is 57.5 Å². The highest BCUT2D eigenvalue weighted by atomic mass is 16.2. The Labute approximate surface area is 355 Å². The summed E-state index contributed by atoms with van der Waals surface area (Å²) in [7, 11) is 0. The van der Waals surface area contributed by atoms with Gasteiger partial charge in [0.05, 0.1) is 19.4 Å². The van der Waals surface area contributed by atoms with E-state index >= 15 is 0 Å². The first-order valence-corrected chi connectivity index (χ1v) is 19.9. The number of H-pyrrole nitrogens is 2. The first kappa shape index (κ1) is 45.5. The van der Waals surface area contributed by atoms with E-state index < -0.39 is 96.5 Å². The standard InChI is InChI=1S/C41H50N12O9/c1-23(54)45-20-35(56)49-29-11-12-34(55)44-14-13-30(40(61)51-31(37(42)58)16-25-18-46-28-10-6-5-9-27(25)28)50-36(57)21-47-38(59)32(15-24-7-3-2-4-8-24)52-41(62)33(53-39(29)60)17-26-19-43-22-48-26/h2-10,18-19,22,29-33,46H,11-17,20-21H2,1H3,(H2,42,58)(H,43,48)(H,44,55)(H,45,54)(H,47,59)(H,49,56)(H,50,57)(H,51,61)(H,52,62)(H,53,60)/t29-,30-,31-,32+,33-/m0/s1. The largest absolute Gasteiger partial charge is 0.368 e. The van der Waals surface area contributed by atoms with E-state index in [0.29, 0.717) is 16.8 Å². The van der Waals surface area contributed by atoms with Crippen molar-refractivity contribution in [1.29, 1.82) is 0 Å². The van der Waals surface area contributed by atoms with E-state index in [0.717, 1.165) is 10.9 Å². The van der Waals surface area contributed by atoms with Crippen molar-refractivity contribution < 1.29 is 43.2 Å². The van der Waals surface area contributed by atoms with Gasteiger partial charge in [-0.3, -0.25) is 43.2 Å². The monoisotopic (exact) mass is 854 g/mol. The molecule has 0 radical (unpaired) electrons. The van der Waals surface area contributed by atoms with Crippen LogP contribution >= 0.6 is 0 Å². The number of nitrogens with one attached hydrogen (secondary N) is 10. The Morgan fingerprint density at radius 2 is 1.55 bits per heavy atom. The van der Waals surface area contributed by atoms with Crippen LogP contribution in [0, 0.1) is 0 Å². The number of imidazole rings is 1. The summed E-state index contributed by atoms with van der Waals surface area (Å²) < 4.78 is 0. The van der Waals surface area contributed by atoms with Crippen LogP contribution in [0.5, 0.6) is 0 Å². The number of carbonyl (C=O) groups excluding carboxylic acids is 9. The second kappa shape index (κ2) is 22.1. The maximum Gasteiger partial charge on any atom is 0.243 e. The average molecular weight is 855 g/mol. The molecule has 1 aliphatic rings. The van der Waals surface area contributed by atoms with Gasteiger partial charge in [-0.1, -0.05) is 48.5 Å². The van der Waals surface area contributed by atoms with Crippen LogP contribution in [0.25, 0.3) is 10.9 Å². The zero-order chi connectivity index (χ0) is 44.6. The number of benzene rings is 2. The van der Waals surface area contributed by atoms with Crippen LogP contribution in [-0.2, 0) is 62.4 Å². The lowest BCUT2D eigenvalue weighted by atomic mass is 10.0. The molecule has 3 heterocycles. The van der Waals surface area contributed by atoms with E-state index in [1.807, 2.05) is 24.3 Å². The molecule has 5 rings (SSSR count). The average Bonchev–Trinajstić information content (AvgIpc) is 3.92. The molecular formula is C41H50N12O9. The van der Waals surface area contributed by atoms with Gasteiger partial charge in [-0.25, -0.2) is 4.98 Å². The lowest BCUT2D eigenvalue weighted by molar-refractivity contribution is -0.134. The summed E-state index contributed by atoms with van der Waals surface area (Å²) in [6.45, 7) is -0.0946. The van der Waals surface area contributed by atoms with Crippen molar-refractivity contribution >= 4 is 64.1 Å². The van der Waals surface area contributed by atoms with Crippen LogP contribution in [-0.4, -0.2) is 118 Å². The predicted molar refractivity (Wildman–Crippen MR) is 222 cm³/mol. The van der Waals surface area contributed by atoms with Crippen LogP contribution in [0.2, 0.25) is 0 Å². The van der Waals surface area contributed by atoms with Crippen LogP contribution < -0.4 is 48.3 Å². The Hall–Kier alpha value is -7.58. The van der Waals surface area contributed by atoms with Crippen molar-refractivity contribution in [2.24, 2.45) is 5.73 Å². The Kier molecular flexibility index (Phi) is 16.3. The molecule has 4 aromatic rings. The van der Waals surface area contributed by atoms with Crippen molar-refractivity contribution in [2.45, 2.75) is 75.7 Å². The second-order valence-corrected chi connectivity index (χ2v) is 14.7. The molecule has 0 bridgehead atoms. The van der Waals surface area contributed by atoms with Crippen molar-refractivity contribution in [3.63, 3.8) is 0 Å². The summed E-state index contributed by atoms with van der Waals surface area (Å²) in [5.74, 6) is -6.72. The maximum absolute atomic E-state index is 14.0. The molecule has 0 aliphatic carbocycles. The Morgan fingerprint density at radius 3 is 2.27 bits per heavy atom. The van der Waals surface area contributed by atoms with Gasteiger partial charge in [0.15, 0.2) is 0 Å². The summed E-state index contributed by atoms with van der Waals surface area (Å²) in [5, 5.41) is 21.2. The molecule has 0 saturated carbocycles. The summed E-state index contributed by atoms with van der Waals surface area (Å²) >= 11 is 0. The summed E-state index contributed by atoms with van der Waals surface area (Å²) in [6.07, 6.45) is 3.57. The second-order valence-electron chi connectivity index (χ2n) is 14.7. The van der Waals surface area contributed by atoms with Crippen molar-refractivity contribution in [3.8, 4) is 0 Å². The number of carbonyl (C=O) groups is 9. The minimum absolute atomic E-state index is 0.0198.